The van der Waals surface area contributed by atoms with Gasteiger partial charge in [0.25, 0.3) is 0 Å². The largest absolute Gasteiger partial charge is 0.452 e. The van der Waals surface area contributed by atoms with Gasteiger partial charge in [-0.05, 0) is 29.5 Å². The molecule has 0 radical (unpaired) electrons. The third kappa shape index (κ3) is 3.94. The summed E-state index contributed by atoms with van der Waals surface area (Å²) in [6.07, 6.45) is 0. The Labute approximate surface area is 103 Å². The van der Waals surface area contributed by atoms with Crippen molar-refractivity contribution in [1.29, 1.82) is 0 Å². The highest BCUT2D eigenvalue weighted by atomic mass is 127. The molecule has 0 aliphatic heterocycles. The Morgan fingerprint density at radius 1 is 1.40 bits per heavy atom. The Morgan fingerprint density at radius 2 is 1.87 bits per heavy atom. The zero-order chi connectivity index (χ0) is 12.2. The summed E-state index contributed by atoms with van der Waals surface area (Å²) in [6.45, 7) is 6.46. The van der Waals surface area contributed by atoms with Crippen molar-refractivity contribution >= 4 is 34.5 Å². The SMILES string of the molecule is CC(I)OC(=O)C(C)C(C)(C)C(=O)NO. The van der Waals surface area contributed by atoms with Crippen molar-refractivity contribution in [3.63, 3.8) is 0 Å². The van der Waals surface area contributed by atoms with E-state index >= 15 is 0 Å². The second kappa shape index (κ2) is 5.64. The molecular weight excluding hydrogens is 313 g/mol. The summed E-state index contributed by atoms with van der Waals surface area (Å²) in [5, 5.41) is 8.53. The molecule has 0 saturated carbocycles. The van der Waals surface area contributed by atoms with Crippen LogP contribution in [0.3, 0.4) is 0 Å². The molecular formula is C9H16INO4. The predicted octanol–water partition coefficient (Wildman–Crippen LogP) is 1.48. The van der Waals surface area contributed by atoms with Crippen LogP contribution in [0.5, 0.6) is 0 Å². The van der Waals surface area contributed by atoms with Gasteiger partial charge in [-0.3, -0.25) is 14.8 Å². The van der Waals surface area contributed by atoms with Crippen LogP contribution in [-0.2, 0) is 14.3 Å². The summed E-state index contributed by atoms with van der Waals surface area (Å²) >= 11 is 1.95. The molecule has 88 valence electrons. The van der Waals surface area contributed by atoms with E-state index in [0.29, 0.717) is 0 Å². The first-order chi connectivity index (χ1) is 6.73. The van der Waals surface area contributed by atoms with Crippen molar-refractivity contribution in [2.45, 2.75) is 31.8 Å². The van der Waals surface area contributed by atoms with Crippen molar-refractivity contribution in [2.24, 2.45) is 11.3 Å². The van der Waals surface area contributed by atoms with E-state index in [0.717, 1.165) is 0 Å². The Morgan fingerprint density at radius 3 is 2.20 bits per heavy atom. The number of nitrogens with one attached hydrogen (secondary N) is 1. The van der Waals surface area contributed by atoms with Crippen LogP contribution in [0.15, 0.2) is 0 Å². The maximum Gasteiger partial charge on any atom is 0.310 e. The highest BCUT2D eigenvalue weighted by Gasteiger charge is 2.39. The summed E-state index contributed by atoms with van der Waals surface area (Å²) in [4.78, 5) is 22.8. The van der Waals surface area contributed by atoms with E-state index < -0.39 is 23.2 Å². The summed E-state index contributed by atoms with van der Waals surface area (Å²) in [7, 11) is 0. The van der Waals surface area contributed by atoms with Crippen LogP contribution in [0.1, 0.15) is 27.7 Å². The van der Waals surface area contributed by atoms with Gasteiger partial charge in [-0.25, -0.2) is 5.48 Å². The number of amides is 1. The van der Waals surface area contributed by atoms with E-state index in [1.165, 1.54) is 0 Å². The zero-order valence-electron chi connectivity index (χ0n) is 9.20. The lowest BCUT2D eigenvalue weighted by molar-refractivity contribution is -0.158. The first kappa shape index (κ1) is 14.6. The number of carbonyl (C=O) groups is 2. The molecule has 0 aromatic rings. The molecule has 0 aliphatic carbocycles. The van der Waals surface area contributed by atoms with Crippen LogP contribution in [0.2, 0.25) is 0 Å². The quantitative estimate of drug-likeness (QED) is 0.269. The highest BCUT2D eigenvalue weighted by Crippen LogP contribution is 2.28. The summed E-state index contributed by atoms with van der Waals surface area (Å²) in [6, 6.07) is 0. The number of hydroxylamine groups is 1. The Kier molecular flexibility index (Phi) is 5.50. The molecule has 0 aromatic carbocycles. The van der Waals surface area contributed by atoms with Crippen molar-refractivity contribution in [2.75, 3.05) is 0 Å². The fourth-order valence-corrected chi connectivity index (χ4v) is 1.15. The minimum absolute atomic E-state index is 0.245. The van der Waals surface area contributed by atoms with E-state index in [-0.39, 0.29) is 4.11 Å². The molecule has 6 heteroatoms. The fourth-order valence-electron chi connectivity index (χ4n) is 0.897. The zero-order valence-corrected chi connectivity index (χ0v) is 11.4. The molecule has 0 aliphatic rings. The van der Waals surface area contributed by atoms with Gasteiger partial charge in [-0.15, -0.1) is 0 Å². The van der Waals surface area contributed by atoms with Crippen molar-refractivity contribution in [3.8, 4) is 0 Å². The van der Waals surface area contributed by atoms with Gasteiger partial charge in [-0.1, -0.05) is 20.8 Å². The Hall–Kier alpha value is -0.370. The number of alkyl halides is 1. The first-order valence-electron chi connectivity index (χ1n) is 4.52. The average molecular weight is 329 g/mol. The predicted molar refractivity (Wildman–Crippen MR) is 62.4 cm³/mol. The summed E-state index contributed by atoms with van der Waals surface area (Å²) in [5.74, 6) is -1.68. The molecule has 0 bridgehead atoms. The molecule has 0 spiro atoms. The molecule has 5 nitrogen and oxygen atoms in total. The number of carbonyl (C=O) groups excluding carboxylic acids is 2. The maximum absolute atomic E-state index is 11.5. The number of halogens is 1. The third-order valence-electron chi connectivity index (χ3n) is 2.40. The lowest BCUT2D eigenvalue weighted by Gasteiger charge is -2.27. The molecule has 1 amide bonds. The number of rotatable bonds is 4. The van der Waals surface area contributed by atoms with Crippen molar-refractivity contribution < 1.29 is 19.5 Å². The fraction of sp³-hybridized carbons (Fsp3) is 0.778. The maximum atomic E-state index is 11.5. The van der Waals surface area contributed by atoms with E-state index in [9.17, 15) is 9.59 Å². The molecule has 15 heavy (non-hydrogen) atoms. The van der Waals surface area contributed by atoms with Crippen LogP contribution in [0, 0.1) is 11.3 Å². The lowest BCUT2D eigenvalue weighted by Crippen LogP contribution is -2.43. The molecule has 0 aromatic heterocycles. The van der Waals surface area contributed by atoms with E-state index in [4.69, 9.17) is 9.94 Å². The van der Waals surface area contributed by atoms with Gasteiger partial charge in [-0.2, -0.15) is 0 Å². The van der Waals surface area contributed by atoms with Crippen LogP contribution < -0.4 is 5.48 Å². The minimum atomic E-state index is -1.00. The van der Waals surface area contributed by atoms with E-state index in [1.807, 2.05) is 22.6 Å². The van der Waals surface area contributed by atoms with Gasteiger partial charge in [0.2, 0.25) is 5.91 Å². The standard InChI is InChI=1S/C9H16INO4/c1-5(7(12)15-6(2)10)9(3,4)8(13)11-14/h5-6,14H,1-4H3,(H,11,13). The molecule has 2 N–H and O–H groups in total. The molecule has 0 fully saturated rings. The van der Waals surface area contributed by atoms with Crippen LogP contribution in [0.4, 0.5) is 0 Å². The van der Waals surface area contributed by atoms with Gasteiger partial charge in [0.15, 0.2) is 0 Å². The topological polar surface area (TPSA) is 75.6 Å². The summed E-state index contributed by atoms with van der Waals surface area (Å²) in [5.41, 5.74) is 0.543. The van der Waals surface area contributed by atoms with Gasteiger partial charge in [0, 0.05) is 0 Å². The van der Waals surface area contributed by atoms with Crippen molar-refractivity contribution in [3.05, 3.63) is 0 Å². The number of hydrogen-bond donors (Lipinski definition) is 2. The third-order valence-corrected chi connectivity index (χ3v) is 2.66. The van der Waals surface area contributed by atoms with E-state index in [1.54, 1.807) is 33.2 Å². The van der Waals surface area contributed by atoms with Gasteiger partial charge < -0.3 is 4.74 Å². The smallest absolute Gasteiger partial charge is 0.310 e. The monoisotopic (exact) mass is 329 g/mol. The van der Waals surface area contributed by atoms with Crippen LogP contribution >= 0.6 is 22.6 Å². The first-order valence-corrected chi connectivity index (χ1v) is 5.77. The Bertz CT molecular complexity index is 252. The molecule has 2 atom stereocenters. The van der Waals surface area contributed by atoms with Gasteiger partial charge in [0.1, 0.15) is 4.11 Å². The highest BCUT2D eigenvalue weighted by molar-refractivity contribution is 14.1. The average Bonchev–Trinajstić information content (AvgIpc) is 2.13. The van der Waals surface area contributed by atoms with Crippen LogP contribution in [-0.4, -0.2) is 21.2 Å². The summed E-state index contributed by atoms with van der Waals surface area (Å²) < 4.78 is 4.73. The normalized spacial score (nSPS) is 15.3. The van der Waals surface area contributed by atoms with Gasteiger partial charge >= 0.3 is 5.97 Å². The van der Waals surface area contributed by atoms with Crippen molar-refractivity contribution in [1.82, 2.24) is 5.48 Å². The molecule has 0 heterocycles. The van der Waals surface area contributed by atoms with Gasteiger partial charge in [0.05, 0.1) is 11.3 Å². The van der Waals surface area contributed by atoms with Crippen LogP contribution in [0.25, 0.3) is 0 Å². The van der Waals surface area contributed by atoms with E-state index in [2.05, 4.69) is 0 Å². The molecule has 0 saturated heterocycles. The number of esters is 1. The number of hydrogen-bond acceptors (Lipinski definition) is 4. The lowest BCUT2D eigenvalue weighted by atomic mass is 9.79. The second-order valence-corrected chi connectivity index (χ2v) is 5.62. The number of ether oxygens (including phenoxy) is 1. The second-order valence-electron chi connectivity index (χ2n) is 3.86. The Balaban J connectivity index is 4.61. The molecule has 2 unspecified atom stereocenters. The molecule has 0 rings (SSSR count). The minimum Gasteiger partial charge on any atom is -0.452 e.